The van der Waals surface area contributed by atoms with Crippen LogP contribution >= 0.6 is 0 Å². The molecule has 1 aliphatic rings. The number of ether oxygens (including phenoxy) is 1. The molecule has 1 fully saturated rings. The zero-order chi connectivity index (χ0) is 13.7. The fraction of sp³-hybridized carbons (Fsp3) is 0.571. The van der Waals surface area contributed by atoms with E-state index in [0.29, 0.717) is 12.2 Å². The third-order valence-corrected chi connectivity index (χ3v) is 3.64. The van der Waals surface area contributed by atoms with Gasteiger partial charge in [-0.15, -0.1) is 0 Å². The van der Waals surface area contributed by atoms with Crippen LogP contribution in [-0.4, -0.2) is 36.7 Å². The molecule has 0 spiro atoms. The van der Waals surface area contributed by atoms with Crippen LogP contribution in [0.2, 0.25) is 0 Å². The van der Waals surface area contributed by atoms with E-state index in [-0.39, 0.29) is 11.5 Å². The molecule has 1 aliphatic carbocycles. The summed E-state index contributed by atoms with van der Waals surface area (Å²) < 4.78 is 5.55. The molecule has 1 heterocycles. The van der Waals surface area contributed by atoms with Crippen LogP contribution in [0.4, 0.5) is 5.69 Å². The van der Waals surface area contributed by atoms with Crippen LogP contribution < -0.4 is 10.6 Å². The van der Waals surface area contributed by atoms with E-state index >= 15 is 0 Å². The Balaban J connectivity index is 1.97. The average molecular weight is 263 g/mol. The number of hydrogen-bond donors (Lipinski definition) is 2. The number of carbonyl (C=O) groups is 1. The predicted molar refractivity (Wildman–Crippen MR) is 74.3 cm³/mol. The topological polar surface area (TPSA) is 63.2 Å². The Morgan fingerprint density at radius 2 is 2.32 bits per heavy atom. The summed E-state index contributed by atoms with van der Waals surface area (Å²) >= 11 is 0. The van der Waals surface area contributed by atoms with E-state index in [1.54, 1.807) is 19.4 Å². The number of hydrogen-bond acceptors (Lipinski definition) is 4. The van der Waals surface area contributed by atoms with Gasteiger partial charge in [-0.2, -0.15) is 0 Å². The van der Waals surface area contributed by atoms with Crippen molar-refractivity contribution in [2.24, 2.45) is 0 Å². The molecule has 0 aliphatic heterocycles. The fourth-order valence-corrected chi connectivity index (χ4v) is 2.20. The second kappa shape index (κ2) is 6.02. The van der Waals surface area contributed by atoms with Gasteiger partial charge in [0.2, 0.25) is 0 Å². The van der Waals surface area contributed by atoms with Gasteiger partial charge in [-0.25, -0.2) is 0 Å². The highest BCUT2D eigenvalue weighted by Gasteiger charge is 2.36. The van der Waals surface area contributed by atoms with Crippen molar-refractivity contribution in [3.8, 4) is 0 Å². The molecule has 0 unspecified atom stereocenters. The van der Waals surface area contributed by atoms with Gasteiger partial charge in [-0.05, 0) is 38.3 Å². The molecule has 104 valence electrons. The number of methoxy groups -OCH3 is 1. The lowest BCUT2D eigenvalue weighted by atomic mass is 9.80. The Hall–Kier alpha value is -1.62. The molecule has 0 bridgehead atoms. The number of pyridine rings is 1. The Bertz CT molecular complexity index is 439. The molecule has 2 N–H and O–H groups in total. The minimum Gasteiger partial charge on any atom is -0.382 e. The number of nitrogens with zero attached hydrogens (tertiary/aromatic N) is 1. The van der Waals surface area contributed by atoms with Crippen molar-refractivity contribution in [1.29, 1.82) is 0 Å². The molecule has 19 heavy (non-hydrogen) atoms. The van der Waals surface area contributed by atoms with Crippen molar-refractivity contribution in [1.82, 2.24) is 10.3 Å². The molecule has 5 nitrogen and oxygen atoms in total. The largest absolute Gasteiger partial charge is 0.382 e. The van der Waals surface area contributed by atoms with Crippen molar-refractivity contribution in [3.05, 3.63) is 24.0 Å². The van der Waals surface area contributed by atoms with Gasteiger partial charge in [0.05, 0.1) is 5.60 Å². The van der Waals surface area contributed by atoms with Crippen LogP contribution in [0.5, 0.6) is 0 Å². The smallest absolute Gasteiger partial charge is 0.269 e. The van der Waals surface area contributed by atoms with Gasteiger partial charge >= 0.3 is 0 Å². The van der Waals surface area contributed by atoms with E-state index in [1.165, 1.54) is 6.42 Å². The average Bonchev–Trinajstić information content (AvgIpc) is 2.39. The molecular formula is C14H21N3O2. The van der Waals surface area contributed by atoms with Gasteiger partial charge < -0.3 is 15.4 Å². The van der Waals surface area contributed by atoms with Gasteiger partial charge in [0.1, 0.15) is 5.69 Å². The van der Waals surface area contributed by atoms with Crippen LogP contribution in [0.25, 0.3) is 0 Å². The van der Waals surface area contributed by atoms with Gasteiger partial charge in [0.25, 0.3) is 5.91 Å². The van der Waals surface area contributed by atoms with E-state index in [4.69, 9.17) is 4.74 Å². The summed E-state index contributed by atoms with van der Waals surface area (Å²) in [6.07, 6.45) is 5.04. The maximum atomic E-state index is 11.7. The maximum Gasteiger partial charge on any atom is 0.269 e. The number of aromatic nitrogens is 1. The summed E-state index contributed by atoms with van der Waals surface area (Å²) in [5.41, 5.74) is 1.31. The van der Waals surface area contributed by atoms with Gasteiger partial charge in [-0.1, -0.05) is 0 Å². The summed E-state index contributed by atoms with van der Waals surface area (Å²) in [5, 5.41) is 6.07. The quantitative estimate of drug-likeness (QED) is 0.821. The molecule has 1 aromatic heterocycles. The van der Waals surface area contributed by atoms with Gasteiger partial charge in [0.15, 0.2) is 0 Å². The first-order valence-corrected chi connectivity index (χ1v) is 6.72. The molecule has 1 amide bonds. The fourth-order valence-electron chi connectivity index (χ4n) is 2.20. The van der Waals surface area contributed by atoms with Crippen LogP contribution in [0.15, 0.2) is 18.3 Å². The minimum atomic E-state index is -0.142. The summed E-state index contributed by atoms with van der Waals surface area (Å²) in [7, 11) is 1.76. The van der Waals surface area contributed by atoms with Gasteiger partial charge in [-0.3, -0.25) is 9.78 Å². The molecule has 0 radical (unpaired) electrons. The summed E-state index contributed by atoms with van der Waals surface area (Å²) in [4.78, 5) is 15.8. The highest BCUT2D eigenvalue weighted by atomic mass is 16.5. The Morgan fingerprint density at radius 1 is 1.53 bits per heavy atom. The summed E-state index contributed by atoms with van der Waals surface area (Å²) in [6.45, 7) is 3.26. The maximum absolute atomic E-state index is 11.7. The Kier molecular flexibility index (Phi) is 4.37. The van der Waals surface area contributed by atoms with E-state index in [2.05, 4.69) is 15.6 Å². The number of nitrogens with one attached hydrogen (secondary N) is 2. The molecule has 0 saturated heterocycles. The zero-order valence-electron chi connectivity index (χ0n) is 11.5. The minimum absolute atomic E-state index is 0.0326. The Morgan fingerprint density at radius 3 is 2.89 bits per heavy atom. The highest BCUT2D eigenvalue weighted by Crippen LogP contribution is 2.35. The first kappa shape index (κ1) is 13.8. The van der Waals surface area contributed by atoms with Crippen LogP contribution in [-0.2, 0) is 4.74 Å². The molecule has 1 aromatic rings. The SMILES string of the molecule is CCNC(=O)c1cc(NCC2(OC)CCC2)ccn1. The second-order valence-electron chi connectivity index (χ2n) is 4.88. The van der Waals surface area contributed by atoms with Crippen molar-refractivity contribution in [2.75, 3.05) is 25.5 Å². The summed E-state index contributed by atoms with van der Waals surface area (Å²) in [6, 6.07) is 3.64. The lowest BCUT2D eigenvalue weighted by Gasteiger charge is -2.40. The number of carbonyl (C=O) groups excluding carboxylic acids is 1. The van der Waals surface area contributed by atoms with E-state index in [9.17, 15) is 4.79 Å². The molecular weight excluding hydrogens is 242 g/mol. The first-order chi connectivity index (χ1) is 9.19. The molecule has 0 aromatic carbocycles. The van der Waals surface area contributed by atoms with Crippen molar-refractivity contribution < 1.29 is 9.53 Å². The Labute approximate surface area is 113 Å². The van der Waals surface area contributed by atoms with Crippen LogP contribution in [0.1, 0.15) is 36.7 Å². The molecule has 1 saturated carbocycles. The number of amides is 1. The standard InChI is InChI=1S/C14H21N3O2/c1-3-15-13(18)12-9-11(5-8-16-12)17-10-14(19-2)6-4-7-14/h5,8-9H,3-4,6-7,10H2,1-2H3,(H,15,18)(H,16,17). The van der Waals surface area contributed by atoms with Crippen LogP contribution in [0, 0.1) is 0 Å². The van der Waals surface area contributed by atoms with Gasteiger partial charge in [0, 0.05) is 32.1 Å². The normalized spacial score (nSPS) is 16.5. The lowest BCUT2D eigenvalue weighted by Crippen LogP contribution is -2.45. The van der Waals surface area contributed by atoms with Crippen LogP contribution in [0.3, 0.4) is 0 Å². The van der Waals surface area contributed by atoms with E-state index in [0.717, 1.165) is 25.1 Å². The van der Waals surface area contributed by atoms with E-state index in [1.807, 2.05) is 13.0 Å². The summed E-state index contributed by atoms with van der Waals surface area (Å²) in [5.74, 6) is -0.142. The zero-order valence-corrected chi connectivity index (χ0v) is 11.5. The van der Waals surface area contributed by atoms with E-state index < -0.39 is 0 Å². The monoisotopic (exact) mass is 263 g/mol. The molecule has 0 atom stereocenters. The first-order valence-electron chi connectivity index (χ1n) is 6.72. The third-order valence-electron chi connectivity index (χ3n) is 3.64. The lowest BCUT2D eigenvalue weighted by molar-refractivity contribution is -0.0601. The number of anilines is 1. The number of rotatable bonds is 6. The van der Waals surface area contributed by atoms with Crippen molar-refractivity contribution in [3.63, 3.8) is 0 Å². The molecule has 2 rings (SSSR count). The second-order valence-corrected chi connectivity index (χ2v) is 4.88. The van der Waals surface area contributed by atoms with Crippen molar-refractivity contribution >= 4 is 11.6 Å². The highest BCUT2D eigenvalue weighted by molar-refractivity contribution is 5.93. The van der Waals surface area contributed by atoms with Crippen molar-refractivity contribution in [2.45, 2.75) is 31.8 Å². The third kappa shape index (κ3) is 3.23. The molecule has 5 heteroatoms. The predicted octanol–water partition coefficient (Wildman–Crippen LogP) is 1.81.